The van der Waals surface area contributed by atoms with Crippen molar-refractivity contribution in [3.63, 3.8) is 0 Å². The Morgan fingerprint density at radius 1 is 1.11 bits per heavy atom. The van der Waals surface area contributed by atoms with E-state index in [1.807, 2.05) is 0 Å². The molecule has 102 valence electrons. The summed E-state index contributed by atoms with van der Waals surface area (Å²) < 4.78 is 0. The molecule has 4 nitrogen and oxygen atoms in total. The third kappa shape index (κ3) is 2.17. The summed E-state index contributed by atoms with van der Waals surface area (Å²) in [5.41, 5.74) is 1.26. The van der Waals surface area contributed by atoms with Crippen molar-refractivity contribution in [1.82, 2.24) is 10.2 Å². The second kappa shape index (κ2) is 4.66. The molecule has 2 fully saturated rings. The van der Waals surface area contributed by atoms with Gasteiger partial charge in [0.2, 0.25) is 0 Å². The predicted octanol–water partition coefficient (Wildman–Crippen LogP) is 1.94. The Balaban J connectivity index is 1.63. The standard InChI is InChI=1S/C15H22N4/c1-2-4-10-19(9-3-1)15-12-7-8-16-14(12)17-13(18-15)11-5-6-11/h7,11,13H,1-6,8-10H2,(H,16,17). The van der Waals surface area contributed by atoms with Crippen molar-refractivity contribution in [2.45, 2.75) is 44.7 Å². The van der Waals surface area contributed by atoms with Gasteiger partial charge in [0.15, 0.2) is 0 Å². The molecule has 19 heavy (non-hydrogen) atoms. The van der Waals surface area contributed by atoms with Gasteiger partial charge in [-0.25, -0.2) is 4.99 Å². The number of likely N-dealkylation sites (tertiary alicyclic amines) is 1. The fraction of sp³-hybridized carbons (Fsp3) is 0.733. The van der Waals surface area contributed by atoms with E-state index in [1.54, 1.807) is 0 Å². The average Bonchev–Trinajstić information content (AvgIpc) is 3.21. The predicted molar refractivity (Wildman–Crippen MR) is 77.5 cm³/mol. The normalized spacial score (nSPS) is 30.8. The van der Waals surface area contributed by atoms with Crippen LogP contribution in [0.5, 0.6) is 0 Å². The van der Waals surface area contributed by atoms with E-state index in [0.29, 0.717) is 0 Å². The molecule has 0 aromatic carbocycles. The number of hydrogen-bond acceptors (Lipinski definition) is 4. The van der Waals surface area contributed by atoms with Crippen molar-refractivity contribution >= 4 is 11.7 Å². The zero-order valence-electron chi connectivity index (χ0n) is 11.4. The maximum Gasteiger partial charge on any atom is 0.136 e. The lowest BCUT2D eigenvalue weighted by atomic mass is 10.1. The van der Waals surface area contributed by atoms with Crippen molar-refractivity contribution in [2.24, 2.45) is 15.9 Å². The zero-order valence-corrected chi connectivity index (χ0v) is 11.4. The molecule has 1 unspecified atom stereocenters. The summed E-state index contributed by atoms with van der Waals surface area (Å²) in [6, 6.07) is 0. The Bertz CT molecular complexity index is 451. The van der Waals surface area contributed by atoms with Gasteiger partial charge in [0, 0.05) is 13.1 Å². The number of rotatable bonds is 1. The van der Waals surface area contributed by atoms with E-state index in [2.05, 4.69) is 21.3 Å². The molecule has 0 spiro atoms. The van der Waals surface area contributed by atoms with Crippen molar-refractivity contribution in [3.8, 4) is 0 Å². The molecular formula is C15H22N4. The maximum atomic E-state index is 5.03. The van der Waals surface area contributed by atoms with Crippen LogP contribution in [0.1, 0.15) is 38.5 Å². The second-order valence-corrected chi connectivity index (χ2v) is 6.09. The summed E-state index contributed by atoms with van der Waals surface area (Å²) in [4.78, 5) is 12.1. The van der Waals surface area contributed by atoms with Crippen molar-refractivity contribution in [3.05, 3.63) is 11.6 Å². The lowest BCUT2D eigenvalue weighted by Crippen LogP contribution is -2.47. The third-order valence-corrected chi connectivity index (χ3v) is 4.56. The Morgan fingerprint density at radius 3 is 2.63 bits per heavy atom. The molecule has 1 saturated heterocycles. The molecule has 0 aromatic heterocycles. The van der Waals surface area contributed by atoms with Gasteiger partial charge in [-0.1, -0.05) is 12.8 Å². The van der Waals surface area contributed by atoms with E-state index in [4.69, 9.17) is 4.99 Å². The van der Waals surface area contributed by atoms with E-state index in [9.17, 15) is 0 Å². The molecule has 0 radical (unpaired) electrons. The van der Waals surface area contributed by atoms with Gasteiger partial charge in [-0.2, -0.15) is 0 Å². The van der Waals surface area contributed by atoms with Crippen LogP contribution in [0.3, 0.4) is 0 Å². The molecule has 1 saturated carbocycles. The van der Waals surface area contributed by atoms with Crippen LogP contribution < -0.4 is 5.32 Å². The van der Waals surface area contributed by atoms with Crippen molar-refractivity contribution in [2.75, 3.05) is 19.6 Å². The molecule has 4 aliphatic rings. The van der Waals surface area contributed by atoms with Gasteiger partial charge in [-0.15, -0.1) is 0 Å². The van der Waals surface area contributed by atoms with Crippen LogP contribution in [0.25, 0.3) is 0 Å². The number of aliphatic imine (C=N–C) groups is 2. The van der Waals surface area contributed by atoms with Gasteiger partial charge in [0.1, 0.15) is 17.8 Å². The van der Waals surface area contributed by atoms with Crippen molar-refractivity contribution < 1.29 is 0 Å². The van der Waals surface area contributed by atoms with Crippen molar-refractivity contribution in [1.29, 1.82) is 0 Å². The first-order valence-corrected chi connectivity index (χ1v) is 7.76. The van der Waals surface area contributed by atoms with E-state index in [-0.39, 0.29) is 6.17 Å². The molecule has 3 heterocycles. The minimum absolute atomic E-state index is 0.284. The SMILES string of the molecule is C1=C2C(=NC1)NC(C1CC1)N=C2N1CCCCCC1. The number of nitrogens with one attached hydrogen (secondary N) is 1. The number of nitrogens with zero attached hydrogens (tertiary/aromatic N) is 3. The molecule has 3 aliphatic heterocycles. The summed E-state index contributed by atoms with van der Waals surface area (Å²) in [6.45, 7) is 3.16. The zero-order chi connectivity index (χ0) is 12.7. The highest BCUT2D eigenvalue weighted by Crippen LogP contribution is 2.35. The maximum absolute atomic E-state index is 5.03. The quantitative estimate of drug-likeness (QED) is 0.781. The summed E-state index contributed by atoms with van der Waals surface area (Å²) in [5, 5.41) is 3.53. The summed E-state index contributed by atoms with van der Waals surface area (Å²) in [7, 11) is 0. The first-order chi connectivity index (χ1) is 9.42. The van der Waals surface area contributed by atoms with Gasteiger partial charge in [0.25, 0.3) is 0 Å². The van der Waals surface area contributed by atoms with Crippen LogP contribution in [0.15, 0.2) is 21.6 Å². The van der Waals surface area contributed by atoms with Crippen LogP contribution in [0, 0.1) is 5.92 Å². The highest BCUT2D eigenvalue weighted by molar-refractivity contribution is 6.25. The molecule has 0 aromatic rings. The number of hydrogen-bond donors (Lipinski definition) is 1. The van der Waals surface area contributed by atoms with Crippen LogP contribution in [-0.2, 0) is 0 Å². The third-order valence-electron chi connectivity index (χ3n) is 4.56. The van der Waals surface area contributed by atoms with Gasteiger partial charge >= 0.3 is 0 Å². The smallest absolute Gasteiger partial charge is 0.136 e. The Morgan fingerprint density at radius 2 is 1.89 bits per heavy atom. The monoisotopic (exact) mass is 258 g/mol. The molecule has 1 aliphatic carbocycles. The highest BCUT2D eigenvalue weighted by atomic mass is 15.3. The minimum Gasteiger partial charge on any atom is -0.356 e. The molecule has 0 amide bonds. The summed E-state index contributed by atoms with van der Waals surface area (Å²) in [6.07, 6.45) is 10.5. The lowest BCUT2D eigenvalue weighted by Gasteiger charge is -2.32. The molecule has 1 atom stereocenters. The lowest BCUT2D eigenvalue weighted by molar-refractivity contribution is 0.423. The Labute approximate surface area is 114 Å². The van der Waals surface area contributed by atoms with Crippen LogP contribution in [-0.4, -0.2) is 42.4 Å². The van der Waals surface area contributed by atoms with Gasteiger partial charge < -0.3 is 10.2 Å². The first-order valence-electron chi connectivity index (χ1n) is 7.76. The van der Waals surface area contributed by atoms with Crippen LogP contribution in [0.2, 0.25) is 0 Å². The summed E-state index contributed by atoms with van der Waals surface area (Å²) >= 11 is 0. The number of amidine groups is 2. The fourth-order valence-electron chi connectivity index (χ4n) is 3.27. The number of fused-ring (bicyclic) bond motifs is 1. The molecule has 4 heteroatoms. The molecule has 1 N–H and O–H groups in total. The topological polar surface area (TPSA) is 40.0 Å². The fourth-order valence-corrected chi connectivity index (χ4v) is 3.27. The van der Waals surface area contributed by atoms with Gasteiger partial charge in [0.05, 0.1) is 12.1 Å². The van der Waals surface area contributed by atoms with E-state index in [1.165, 1.54) is 63.0 Å². The molecular weight excluding hydrogens is 236 g/mol. The Kier molecular flexibility index (Phi) is 2.82. The Hall–Kier alpha value is -1.32. The van der Waals surface area contributed by atoms with Crippen LogP contribution in [0.4, 0.5) is 0 Å². The largest absolute Gasteiger partial charge is 0.356 e. The van der Waals surface area contributed by atoms with E-state index < -0.39 is 0 Å². The highest BCUT2D eigenvalue weighted by Gasteiger charge is 2.37. The van der Waals surface area contributed by atoms with Gasteiger partial charge in [-0.05, 0) is 37.7 Å². The molecule has 4 rings (SSSR count). The second-order valence-electron chi connectivity index (χ2n) is 6.09. The van der Waals surface area contributed by atoms with E-state index >= 15 is 0 Å². The first kappa shape index (κ1) is 11.5. The molecule has 0 bridgehead atoms. The van der Waals surface area contributed by atoms with Gasteiger partial charge in [-0.3, -0.25) is 4.99 Å². The van der Waals surface area contributed by atoms with E-state index in [0.717, 1.165) is 18.3 Å². The summed E-state index contributed by atoms with van der Waals surface area (Å²) in [5.74, 6) is 3.08. The van der Waals surface area contributed by atoms with Crippen LogP contribution >= 0.6 is 0 Å². The average molecular weight is 258 g/mol. The minimum atomic E-state index is 0.284.